The fourth-order valence-corrected chi connectivity index (χ4v) is 17.7. The summed E-state index contributed by atoms with van der Waals surface area (Å²) >= 11 is 0. The van der Waals surface area contributed by atoms with Crippen LogP contribution in [0.4, 0.5) is 16.2 Å². The van der Waals surface area contributed by atoms with Crippen molar-refractivity contribution in [1.29, 1.82) is 0 Å². The SMILES string of the molecule is CC[C@]1(O)C[C@H]2CN(CCc3c([nH]c4ccccc34)[C@@](COC=O)(c3cc4c(cc3OC)N(C)[C@H]3[C@@](O)(C(=O)NNC(=O)OCCSSCCNC(=O)c5ccc(NCc6cnc7nc(C)[nH]c(=O)c7n6)cc5)[C@H](O)[C@]5(CC)C=CCN6CC[C@]43[C@@H]65)C2)C1. The van der Waals surface area contributed by atoms with Crippen LogP contribution in [-0.4, -0.2) is 182 Å². The van der Waals surface area contributed by atoms with Gasteiger partial charge in [0.05, 0.1) is 42.6 Å². The number of methoxy groups -OCH3 is 1. The second kappa shape index (κ2) is 24.3. The van der Waals surface area contributed by atoms with E-state index < -0.39 is 51.6 Å². The number of nitrogens with zero attached hydrogens (tertiary/aromatic N) is 6. The highest BCUT2D eigenvalue weighted by molar-refractivity contribution is 8.76. The molecule has 25 heteroatoms. The Morgan fingerprint density at radius 1 is 0.955 bits per heavy atom. The van der Waals surface area contributed by atoms with Gasteiger partial charge in [-0.25, -0.2) is 25.2 Å². The Hall–Kier alpha value is -7.26. The van der Waals surface area contributed by atoms with Crippen molar-refractivity contribution in [1.82, 2.24) is 50.9 Å². The first kappa shape index (κ1) is 61.0. The highest BCUT2D eigenvalue weighted by Gasteiger charge is 2.79. The zero-order chi connectivity index (χ0) is 61.8. The molecule has 2 bridgehead atoms. The van der Waals surface area contributed by atoms with Gasteiger partial charge in [-0.3, -0.25) is 34.4 Å². The fraction of sp³-hybridized carbons (Fsp3) is 0.492. The van der Waals surface area contributed by atoms with E-state index in [0.717, 1.165) is 45.5 Å². The molecule has 3 amide bonds. The van der Waals surface area contributed by atoms with Gasteiger partial charge in [0.1, 0.15) is 30.9 Å². The molecular weight excluding hydrogens is 1160 g/mol. The fourth-order valence-electron chi connectivity index (χ4n) is 16.0. The number of aromatic nitrogens is 5. The third-order valence-corrected chi connectivity index (χ3v) is 22.0. The molecule has 2 saturated heterocycles. The lowest BCUT2D eigenvalue weighted by molar-refractivity contribution is -0.204. The van der Waals surface area contributed by atoms with Gasteiger partial charge in [-0.15, -0.1) is 0 Å². The lowest BCUT2D eigenvalue weighted by Gasteiger charge is -2.63. The number of benzene rings is 3. The van der Waals surface area contributed by atoms with Gasteiger partial charge in [0, 0.05) is 113 Å². The first-order valence-electron chi connectivity index (χ1n) is 30.2. The Morgan fingerprint density at radius 3 is 2.55 bits per heavy atom. The molecule has 12 rings (SSSR count). The molecule has 0 radical (unpaired) electrons. The van der Waals surface area contributed by atoms with Crippen LogP contribution >= 0.6 is 21.6 Å². The zero-order valence-corrected chi connectivity index (χ0v) is 51.7. The lowest BCUT2D eigenvalue weighted by atomic mass is 9.47. The molecule has 3 fully saturated rings. The minimum atomic E-state index is -2.53. The van der Waals surface area contributed by atoms with Crippen LogP contribution in [0.3, 0.4) is 0 Å². The number of piperidine rings is 1. The van der Waals surface area contributed by atoms with E-state index >= 15 is 4.79 Å². The molecule has 466 valence electrons. The average Bonchev–Trinajstić information content (AvgIpc) is 1.45. The number of aliphatic hydroxyl groups is 3. The van der Waals surface area contributed by atoms with E-state index in [-0.39, 0.29) is 47.8 Å². The number of nitrogens with one attached hydrogen (secondary N) is 6. The van der Waals surface area contributed by atoms with Crippen LogP contribution in [0.2, 0.25) is 0 Å². The zero-order valence-electron chi connectivity index (χ0n) is 50.0. The summed E-state index contributed by atoms with van der Waals surface area (Å²) in [6.45, 7) is 9.98. The van der Waals surface area contributed by atoms with E-state index in [0.29, 0.717) is 124 Å². The highest BCUT2D eigenvalue weighted by atomic mass is 33.1. The van der Waals surface area contributed by atoms with E-state index in [1.54, 1.807) is 44.5 Å². The molecule has 3 aromatic carbocycles. The molecule has 5 aliphatic heterocycles. The van der Waals surface area contributed by atoms with E-state index in [1.165, 1.54) is 21.6 Å². The quantitative estimate of drug-likeness (QED) is 0.0174. The van der Waals surface area contributed by atoms with Crippen LogP contribution in [0.25, 0.3) is 22.1 Å². The normalized spacial score (nSPS) is 28.5. The standard InChI is InChI=1S/C63H76N12O11S2/c1-6-59(82)29-38-30-61(35-85-36-76,50-43(17-22-74(33-38)34-59)42-11-8-9-12-46(42)70-50)45-27-44-47(28-48(45)84-5)73(4)55-62(44)19-23-75-21-10-18-60(7-2,54(62)75)56(79)63(55,83)57(80)71-72-58(81)86-24-26-88-87-25-20-64-52(77)39-13-15-40(16-14-39)65-31-41-32-66-51-49(69-41)53(78)68-37(3)67-51/h8-16,18,27-28,32,36,38,54-56,65,70,79,82-83H,6-7,17,19-26,29-31,33-35H2,1-5H3,(H,64,77)(H,71,80)(H,72,81)(H,66,67,68,78)/t38-,54+,55-,56-,59+,60-,61+,62-,63+/m1/s1. The molecule has 1 unspecified atom stereocenters. The first-order chi connectivity index (χ1) is 42.4. The van der Waals surface area contributed by atoms with Crippen molar-refractivity contribution in [2.75, 3.05) is 88.4 Å². The number of hydrogen-bond acceptors (Lipinski definition) is 20. The molecule has 6 aromatic rings. The number of rotatable bonds is 19. The molecule has 10 atom stereocenters. The number of hydrazine groups is 1. The summed E-state index contributed by atoms with van der Waals surface area (Å²) in [5.41, 5.74) is 5.29. The lowest BCUT2D eigenvalue weighted by Crippen LogP contribution is -2.82. The number of anilines is 2. The number of aromatic amines is 2. The maximum Gasteiger partial charge on any atom is 0.426 e. The Bertz CT molecular complexity index is 3760. The van der Waals surface area contributed by atoms with Crippen LogP contribution in [0.5, 0.6) is 5.75 Å². The number of likely N-dealkylation sites (N-methyl/N-ethyl adjacent to an activating group) is 1. The highest BCUT2D eigenvalue weighted by Crippen LogP contribution is 2.67. The summed E-state index contributed by atoms with van der Waals surface area (Å²) in [4.78, 5) is 92.2. The maximum absolute atomic E-state index is 15.1. The number of hydrogen-bond donors (Lipinski definition) is 9. The Kier molecular flexibility index (Phi) is 16.8. The van der Waals surface area contributed by atoms with E-state index in [2.05, 4.69) is 74.4 Å². The number of para-hydroxylation sites is 1. The van der Waals surface area contributed by atoms with E-state index in [1.807, 2.05) is 56.1 Å². The predicted octanol–water partition coefficient (Wildman–Crippen LogP) is 4.76. The molecular formula is C63H76N12O11S2. The number of amides is 3. The van der Waals surface area contributed by atoms with Crippen LogP contribution < -0.4 is 36.7 Å². The minimum absolute atomic E-state index is 0.0191. The molecule has 1 saturated carbocycles. The third kappa shape index (κ3) is 10.4. The molecule has 23 nitrogen and oxygen atoms in total. The van der Waals surface area contributed by atoms with Crippen LogP contribution in [0, 0.1) is 18.3 Å². The maximum atomic E-state index is 15.1. The number of H-pyrrole nitrogens is 2. The molecule has 3 aromatic heterocycles. The van der Waals surface area contributed by atoms with Crippen molar-refractivity contribution in [3.8, 4) is 5.75 Å². The summed E-state index contributed by atoms with van der Waals surface area (Å²) in [6, 6.07) is 17.8. The number of ether oxygens (including phenoxy) is 3. The van der Waals surface area contributed by atoms with Crippen molar-refractivity contribution in [3.63, 3.8) is 0 Å². The number of carbonyl (C=O) groups excluding carboxylic acids is 4. The molecule has 6 aliphatic rings. The Balaban J connectivity index is 0.730. The molecule has 1 spiro atoms. The van der Waals surface area contributed by atoms with Gasteiger partial charge in [0.2, 0.25) is 0 Å². The largest absolute Gasteiger partial charge is 0.496 e. The van der Waals surface area contributed by atoms with Gasteiger partial charge >= 0.3 is 6.09 Å². The van der Waals surface area contributed by atoms with E-state index in [9.17, 15) is 34.5 Å². The van der Waals surface area contributed by atoms with Crippen LogP contribution in [0.1, 0.15) is 90.2 Å². The number of aryl methyl sites for hydroxylation is 1. The van der Waals surface area contributed by atoms with Crippen LogP contribution in [0.15, 0.2) is 83.8 Å². The third-order valence-electron chi connectivity index (χ3n) is 19.7. The summed E-state index contributed by atoms with van der Waals surface area (Å²) in [7, 11) is 6.36. The molecule has 9 N–H and O–H groups in total. The van der Waals surface area contributed by atoms with Gasteiger partial charge in [-0.1, -0.05) is 65.8 Å². The van der Waals surface area contributed by atoms with Gasteiger partial charge in [-0.2, -0.15) is 0 Å². The van der Waals surface area contributed by atoms with Crippen molar-refractivity contribution in [2.45, 2.75) is 106 Å². The summed E-state index contributed by atoms with van der Waals surface area (Å²) < 4.78 is 18.0. The summed E-state index contributed by atoms with van der Waals surface area (Å²) in [5.74, 6) is 0.642. The van der Waals surface area contributed by atoms with Crippen molar-refractivity contribution in [3.05, 3.63) is 129 Å². The topological polar surface area (TPSA) is 302 Å². The monoisotopic (exact) mass is 1240 g/mol. The second-order valence-electron chi connectivity index (χ2n) is 24.4. The second-order valence-corrected chi connectivity index (χ2v) is 27.2. The molecule has 88 heavy (non-hydrogen) atoms. The smallest absolute Gasteiger partial charge is 0.426 e. The van der Waals surface area contributed by atoms with Gasteiger partial charge in [-0.05, 0) is 105 Å². The Morgan fingerprint density at radius 2 is 1.76 bits per heavy atom. The van der Waals surface area contributed by atoms with Crippen molar-refractivity contribution < 1.29 is 48.7 Å². The average molecular weight is 1240 g/mol. The summed E-state index contributed by atoms with van der Waals surface area (Å²) in [5, 5.41) is 45.9. The van der Waals surface area contributed by atoms with Gasteiger partial charge in [0.25, 0.3) is 23.8 Å². The summed E-state index contributed by atoms with van der Waals surface area (Å²) in [6.07, 6.45) is 6.08. The van der Waals surface area contributed by atoms with Gasteiger partial charge < -0.3 is 55.0 Å². The molecule has 8 heterocycles. The van der Waals surface area contributed by atoms with Crippen molar-refractivity contribution in [2.24, 2.45) is 11.3 Å². The minimum Gasteiger partial charge on any atom is -0.496 e. The first-order valence-corrected chi connectivity index (χ1v) is 32.6. The Labute approximate surface area is 516 Å². The van der Waals surface area contributed by atoms with E-state index in [4.69, 9.17) is 14.2 Å². The number of fused-ring (bicyclic) bond motifs is 7. The number of carbonyl (C=O) groups is 4. The van der Waals surface area contributed by atoms with Crippen molar-refractivity contribution >= 4 is 79.4 Å². The predicted molar refractivity (Wildman–Crippen MR) is 335 cm³/mol. The van der Waals surface area contributed by atoms with Gasteiger partial charge in [0.15, 0.2) is 16.8 Å². The molecule has 1 aliphatic carbocycles. The van der Waals surface area contributed by atoms with Crippen LogP contribution in [-0.2, 0) is 42.9 Å². The number of aliphatic hydroxyl groups excluding tert-OH is 1.